The molecule has 6 aromatic rings. The molecule has 8 rings (SSSR count). The van der Waals surface area contributed by atoms with Gasteiger partial charge in [-0.15, -0.1) is 0 Å². The maximum Gasteiger partial charge on any atom is 0.280 e. The van der Waals surface area contributed by atoms with Gasteiger partial charge >= 0.3 is 0 Å². The standard InChI is InChI=1S/C50H58N7O9PS2/c1-55(2)33-52-49-53-45-42(46(58)54-49)51-34-57(45)47-44(63-29-28-60-3)43(66-67(56-26-12-13-27-56)69-31-30-68-48(59)35-14-8-6-9-15-35)41(65-47)32-64-50(36-16-10-7-11-17-36,37-18-22-39(61-4)23-19-37)38-20-24-40(62-5)25-21-38/h6-11,14-25,33-34,41,43-44,47H,12-13,26-32H2,1-5H3,(H,53,54,58)/t41-,43+,44+,47-,67?/m1/s1. The van der Waals surface area contributed by atoms with Crippen LogP contribution in [0.15, 0.2) is 125 Å². The van der Waals surface area contributed by atoms with Gasteiger partial charge in [0.25, 0.3) is 5.56 Å². The predicted molar refractivity (Wildman–Crippen MR) is 272 cm³/mol. The molecular weight excluding hydrogens is 938 g/mol. The van der Waals surface area contributed by atoms with E-state index in [-0.39, 0.29) is 35.4 Å². The van der Waals surface area contributed by atoms with E-state index >= 15 is 0 Å². The molecule has 19 heteroatoms. The molecule has 0 radical (unpaired) electrons. The Morgan fingerprint density at radius 2 is 1.51 bits per heavy atom. The van der Waals surface area contributed by atoms with E-state index in [0.717, 1.165) is 42.6 Å². The summed E-state index contributed by atoms with van der Waals surface area (Å²) in [6.45, 7) is 2.27. The van der Waals surface area contributed by atoms with Crippen LogP contribution >= 0.6 is 30.6 Å². The number of ether oxygens (including phenoxy) is 6. The predicted octanol–water partition coefficient (Wildman–Crippen LogP) is 8.31. The summed E-state index contributed by atoms with van der Waals surface area (Å²) in [4.78, 5) is 44.8. The van der Waals surface area contributed by atoms with E-state index in [2.05, 4.69) is 31.8 Å². The van der Waals surface area contributed by atoms with Crippen molar-refractivity contribution < 1.29 is 37.7 Å². The highest BCUT2D eigenvalue weighted by atomic mass is 32.7. The molecule has 16 nitrogen and oxygen atoms in total. The summed E-state index contributed by atoms with van der Waals surface area (Å²) < 4.78 is 49.8. The minimum atomic E-state index is -1.31. The van der Waals surface area contributed by atoms with Crippen LogP contribution in [0.4, 0.5) is 5.95 Å². The Bertz CT molecular complexity index is 2610. The van der Waals surface area contributed by atoms with Gasteiger partial charge < -0.3 is 37.8 Å². The Kier molecular flexibility index (Phi) is 17.6. The number of carbonyl (C=O) groups excluding carboxylic acids is 1. The number of aliphatic imine (C=N–C) groups is 1. The highest BCUT2D eigenvalue weighted by Crippen LogP contribution is 2.58. The topological polar surface area (TPSA) is 164 Å². The molecule has 0 bridgehead atoms. The number of rotatable bonds is 23. The van der Waals surface area contributed by atoms with E-state index in [1.807, 2.05) is 111 Å². The van der Waals surface area contributed by atoms with Crippen LogP contribution in [0.2, 0.25) is 0 Å². The Morgan fingerprint density at radius 3 is 2.13 bits per heavy atom. The van der Waals surface area contributed by atoms with Crippen LogP contribution in [0.3, 0.4) is 0 Å². The highest BCUT2D eigenvalue weighted by molar-refractivity contribution is 8.53. The molecule has 4 aromatic carbocycles. The van der Waals surface area contributed by atoms with Crippen molar-refractivity contribution in [3.05, 3.63) is 148 Å². The zero-order chi connectivity index (χ0) is 48.2. The number of carbonyl (C=O) groups is 1. The number of aromatic amines is 1. The summed E-state index contributed by atoms with van der Waals surface area (Å²) in [5.74, 6) is 2.78. The van der Waals surface area contributed by atoms with Gasteiger partial charge in [0.1, 0.15) is 35.4 Å². The van der Waals surface area contributed by atoms with E-state index in [4.69, 9.17) is 37.9 Å². The maximum atomic E-state index is 13.5. The fraction of sp³-hybridized carbons (Fsp3) is 0.380. The summed E-state index contributed by atoms with van der Waals surface area (Å²) >= 11 is 3.01. The molecule has 0 saturated carbocycles. The second-order valence-electron chi connectivity index (χ2n) is 16.4. The Balaban J connectivity index is 1.21. The maximum absolute atomic E-state index is 13.5. The number of methoxy groups -OCH3 is 3. The van der Waals surface area contributed by atoms with Gasteiger partial charge in [0.05, 0.1) is 46.7 Å². The number of thioether (sulfide) groups is 1. The number of hydrogen-bond acceptors (Lipinski definition) is 15. The van der Waals surface area contributed by atoms with Crippen molar-refractivity contribution in [2.75, 3.05) is 79.8 Å². The van der Waals surface area contributed by atoms with E-state index in [9.17, 15) is 9.59 Å². The second kappa shape index (κ2) is 24.1. The van der Waals surface area contributed by atoms with E-state index in [0.29, 0.717) is 35.2 Å². The molecule has 4 heterocycles. The number of nitrogens with one attached hydrogen (secondary N) is 1. The third kappa shape index (κ3) is 11.9. The van der Waals surface area contributed by atoms with Crippen LogP contribution in [0.25, 0.3) is 11.2 Å². The average molecular weight is 996 g/mol. The molecule has 2 aromatic heterocycles. The molecule has 69 heavy (non-hydrogen) atoms. The zero-order valence-corrected chi connectivity index (χ0v) is 41.9. The first-order chi connectivity index (χ1) is 33.7. The molecule has 364 valence electrons. The Morgan fingerprint density at radius 1 is 0.870 bits per heavy atom. The lowest BCUT2D eigenvalue weighted by atomic mass is 9.80. The van der Waals surface area contributed by atoms with Crippen LogP contribution in [0, 0.1) is 0 Å². The van der Waals surface area contributed by atoms with Crippen molar-refractivity contribution in [3.63, 3.8) is 0 Å². The summed E-state index contributed by atoms with van der Waals surface area (Å²) in [6, 6.07) is 35.2. The van der Waals surface area contributed by atoms with Crippen molar-refractivity contribution >= 4 is 59.2 Å². The summed E-state index contributed by atoms with van der Waals surface area (Å²) in [7, 11) is 7.25. The van der Waals surface area contributed by atoms with Crippen LogP contribution in [0.1, 0.15) is 46.1 Å². The monoisotopic (exact) mass is 995 g/mol. The Hall–Kier alpha value is -5.14. The van der Waals surface area contributed by atoms with Crippen LogP contribution in [0.5, 0.6) is 11.5 Å². The van der Waals surface area contributed by atoms with E-state index in [1.165, 1.54) is 11.8 Å². The van der Waals surface area contributed by atoms with Crippen molar-refractivity contribution in [1.29, 1.82) is 0 Å². The average Bonchev–Trinajstić information content (AvgIpc) is 4.16. The van der Waals surface area contributed by atoms with Gasteiger partial charge in [0.2, 0.25) is 11.1 Å². The molecule has 2 fully saturated rings. The molecule has 5 atom stereocenters. The summed E-state index contributed by atoms with van der Waals surface area (Å²) in [5.41, 5.74) is 2.03. The largest absolute Gasteiger partial charge is 0.497 e. The van der Waals surface area contributed by atoms with Gasteiger partial charge in [-0.2, -0.15) is 4.98 Å². The number of H-pyrrole nitrogens is 1. The molecule has 2 saturated heterocycles. The minimum absolute atomic E-state index is 0.0204. The van der Waals surface area contributed by atoms with Gasteiger partial charge in [-0.05, 0) is 53.8 Å². The first-order valence-corrected chi connectivity index (χ1v) is 26.5. The third-order valence-electron chi connectivity index (χ3n) is 11.7. The first-order valence-electron chi connectivity index (χ1n) is 22.7. The van der Waals surface area contributed by atoms with Gasteiger partial charge in [0, 0.05) is 51.4 Å². The van der Waals surface area contributed by atoms with Crippen LogP contribution in [-0.2, 0) is 29.1 Å². The molecule has 2 aliphatic heterocycles. The van der Waals surface area contributed by atoms with Crippen molar-refractivity contribution in [1.82, 2.24) is 29.1 Å². The van der Waals surface area contributed by atoms with E-state index in [1.54, 1.807) is 54.8 Å². The molecule has 0 spiro atoms. The van der Waals surface area contributed by atoms with Crippen molar-refractivity contribution in [2.24, 2.45) is 4.99 Å². The number of fused-ring (bicyclic) bond motifs is 1. The number of nitrogens with zero attached hydrogens (tertiary/aromatic N) is 6. The fourth-order valence-electron chi connectivity index (χ4n) is 8.31. The quantitative estimate of drug-likeness (QED) is 0.0214. The third-order valence-corrected chi connectivity index (χ3v) is 16.9. The zero-order valence-electron chi connectivity index (χ0n) is 39.3. The number of imidazole rings is 1. The summed E-state index contributed by atoms with van der Waals surface area (Å²) in [5, 5.41) is 0.0321. The molecule has 2 aliphatic rings. The second-order valence-corrected chi connectivity index (χ2v) is 21.1. The lowest BCUT2D eigenvalue weighted by Gasteiger charge is -2.38. The molecular formula is C50H58N7O9PS2. The van der Waals surface area contributed by atoms with Gasteiger partial charge in [-0.25, -0.2) is 9.98 Å². The van der Waals surface area contributed by atoms with Crippen molar-refractivity contribution in [2.45, 2.75) is 43.0 Å². The fourth-order valence-corrected chi connectivity index (χ4v) is 13.6. The highest BCUT2D eigenvalue weighted by Gasteiger charge is 2.51. The SMILES string of the molecule is COCCO[C@H]1[C@@H](OP(SCCSC(=O)c2ccccc2)N2CCCC2)[C@@H](COC(c2ccccc2)(c2ccc(OC)cc2)c2ccc(OC)cc2)O[C@H]1n1cnc2c(=O)[nH]c(N=CN(C)C)nc21. The summed E-state index contributed by atoms with van der Waals surface area (Å²) in [6.07, 6.45) is 2.05. The molecule has 1 unspecified atom stereocenters. The molecule has 1 N–H and O–H groups in total. The first kappa shape index (κ1) is 50.3. The lowest BCUT2D eigenvalue weighted by molar-refractivity contribution is -0.0964. The number of aromatic nitrogens is 4. The van der Waals surface area contributed by atoms with Crippen molar-refractivity contribution in [3.8, 4) is 11.5 Å². The molecule has 0 aliphatic carbocycles. The lowest BCUT2D eigenvalue weighted by Crippen LogP contribution is -2.41. The smallest absolute Gasteiger partial charge is 0.280 e. The van der Waals surface area contributed by atoms with Gasteiger partial charge in [0.15, 0.2) is 24.9 Å². The van der Waals surface area contributed by atoms with Gasteiger partial charge in [-0.3, -0.25) is 23.8 Å². The van der Waals surface area contributed by atoms with E-state index < -0.39 is 43.2 Å². The molecule has 0 amide bonds. The Labute approximate surface area is 411 Å². The number of hydrogen-bond donors (Lipinski definition) is 1. The van der Waals surface area contributed by atoms with Crippen LogP contribution < -0.4 is 15.0 Å². The number of benzene rings is 4. The van der Waals surface area contributed by atoms with Gasteiger partial charge in [-0.1, -0.05) is 108 Å². The van der Waals surface area contributed by atoms with Crippen LogP contribution in [-0.4, -0.2) is 139 Å². The minimum Gasteiger partial charge on any atom is -0.497 e. The normalized spacial score (nSPS) is 19.1.